The van der Waals surface area contributed by atoms with Crippen LogP contribution in [0, 0.1) is 5.92 Å². The molecule has 0 spiro atoms. The molecular weight excluding hydrogens is 342 g/mol. The van der Waals surface area contributed by atoms with Crippen LogP contribution in [0.4, 0.5) is 0 Å². The molecule has 0 bridgehead atoms. The van der Waals surface area contributed by atoms with Gasteiger partial charge < -0.3 is 10.6 Å². The molecule has 146 valence electrons. The Morgan fingerprint density at radius 3 is 2.58 bits per heavy atom. The second-order valence-corrected chi connectivity index (χ2v) is 9.49. The summed E-state index contributed by atoms with van der Waals surface area (Å²) in [4.78, 5) is 3.59. The fourth-order valence-electron chi connectivity index (χ4n) is 4.15. The van der Waals surface area contributed by atoms with Crippen molar-refractivity contribution in [3.8, 4) is 0 Å². The minimum Gasteiger partial charge on any atom is -0.328 e. The van der Waals surface area contributed by atoms with Gasteiger partial charge in [0.1, 0.15) is 11.0 Å². The van der Waals surface area contributed by atoms with Crippen LogP contribution in [-0.2, 0) is 17.4 Å². The van der Waals surface area contributed by atoms with E-state index < -0.39 is 11.0 Å². The molecule has 4 nitrogen and oxygen atoms in total. The molecule has 2 fully saturated rings. The highest BCUT2D eigenvalue weighted by Gasteiger charge is 2.22. The number of nitrogens with zero attached hydrogens (tertiary/aromatic N) is 2. The molecule has 0 aromatic heterocycles. The van der Waals surface area contributed by atoms with E-state index in [1.165, 1.54) is 50.9 Å². The third-order valence-corrected chi connectivity index (χ3v) is 7.39. The summed E-state index contributed by atoms with van der Waals surface area (Å²) >= 11 is 0. The van der Waals surface area contributed by atoms with E-state index in [-0.39, 0.29) is 6.04 Å². The van der Waals surface area contributed by atoms with E-state index in [1.807, 2.05) is 6.07 Å². The smallest absolute Gasteiger partial charge is 0.127 e. The Morgan fingerprint density at radius 2 is 1.88 bits per heavy atom. The first-order valence-corrected chi connectivity index (χ1v) is 11.5. The van der Waals surface area contributed by atoms with Gasteiger partial charge in [0.2, 0.25) is 0 Å². The lowest BCUT2D eigenvalue weighted by atomic mass is 9.95. The zero-order valence-corrected chi connectivity index (χ0v) is 17.1. The van der Waals surface area contributed by atoms with Gasteiger partial charge in [0, 0.05) is 25.7 Å². The van der Waals surface area contributed by atoms with E-state index in [0.717, 1.165) is 37.2 Å². The molecule has 0 saturated carbocycles. The molecule has 3 rings (SSSR count). The van der Waals surface area contributed by atoms with Gasteiger partial charge in [0.25, 0.3) is 0 Å². The van der Waals surface area contributed by atoms with Crippen molar-refractivity contribution in [1.29, 1.82) is 0 Å². The van der Waals surface area contributed by atoms with E-state index in [4.69, 9.17) is 5.73 Å². The summed E-state index contributed by atoms with van der Waals surface area (Å²) in [6.45, 7) is 7.70. The second-order valence-electron chi connectivity index (χ2n) is 8.00. The molecule has 26 heavy (non-hydrogen) atoms. The van der Waals surface area contributed by atoms with Crippen LogP contribution in [0.3, 0.4) is 0 Å². The molecule has 0 amide bonds. The average Bonchev–Trinajstić information content (AvgIpc) is 2.68. The largest absolute Gasteiger partial charge is 0.328 e. The Morgan fingerprint density at radius 1 is 1.15 bits per heavy atom. The topological polar surface area (TPSA) is 49.6 Å². The standard InChI is InChI=1S/C21H35N3OS/c1-2-18(17-23-11-4-3-5-12-23)15-19-7-6-8-21(16-19)26(25)24-13-9-20(22)10-14-24/h6-8,16,18,20H,2-5,9-15,17,22H2,1H3. The Labute approximate surface area is 161 Å². The van der Waals surface area contributed by atoms with Gasteiger partial charge in [-0.25, -0.2) is 8.51 Å². The van der Waals surface area contributed by atoms with Gasteiger partial charge in [-0.2, -0.15) is 0 Å². The average molecular weight is 378 g/mol. The molecule has 2 unspecified atom stereocenters. The first kappa shape index (κ1) is 20.0. The van der Waals surface area contributed by atoms with E-state index in [0.29, 0.717) is 5.92 Å². The fourth-order valence-corrected chi connectivity index (χ4v) is 5.44. The van der Waals surface area contributed by atoms with Crippen molar-refractivity contribution in [1.82, 2.24) is 9.21 Å². The number of likely N-dealkylation sites (tertiary alicyclic amines) is 1. The quantitative estimate of drug-likeness (QED) is 0.794. The highest BCUT2D eigenvalue weighted by atomic mass is 32.2. The fraction of sp³-hybridized carbons (Fsp3) is 0.714. The van der Waals surface area contributed by atoms with Crippen molar-refractivity contribution < 1.29 is 4.21 Å². The lowest BCUT2D eigenvalue weighted by molar-refractivity contribution is 0.192. The first-order chi connectivity index (χ1) is 12.7. The molecule has 2 heterocycles. The Bertz CT molecular complexity index is 580. The molecular formula is C21H35N3OS. The second kappa shape index (κ2) is 9.98. The summed E-state index contributed by atoms with van der Waals surface area (Å²) in [6, 6.07) is 8.73. The van der Waals surface area contributed by atoms with Gasteiger partial charge in [0.05, 0.1) is 4.90 Å². The normalized spacial score (nSPS) is 23.0. The van der Waals surface area contributed by atoms with Crippen molar-refractivity contribution >= 4 is 11.0 Å². The zero-order valence-electron chi connectivity index (χ0n) is 16.2. The summed E-state index contributed by atoms with van der Waals surface area (Å²) in [5.74, 6) is 0.685. The molecule has 5 heteroatoms. The van der Waals surface area contributed by atoms with Crippen molar-refractivity contribution in [3.05, 3.63) is 29.8 Å². The number of benzene rings is 1. The maximum atomic E-state index is 12.9. The zero-order chi connectivity index (χ0) is 18.4. The van der Waals surface area contributed by atoms with Gasteiger partial charge in [-0.05, 0) is 68.8 Å². The predicted molar refractivity (Wildman–Crippen MR) is 109 cm³/mol. The van der Waals surface area contributed by atoms with Crippen molar-refractivity contribution in [2.75, 3.05) is 32.7 Å². The molecule has 2 aliphatic heterocycles. The SMILES string of the molecule is CCC(Cc1cccc(S(=O)N2CCC(N)CC2)c1)CN1CCCCC1. The lowest BCUT2D eigenvalue weighted by Gasteiger charge is -2.30. The van der Waals surface area contributed by atoms with Crippen LogP contribution in [-0.4, -0.2) is 52.2 Å². The van der Waals surface area contributed by atoms with E-state index in [2.05, 4.69) is 34.3 Å². The highest BCUT2D eigenvalue weighted by Crippen LogP contribution is 2.21. The van der Waals surface area contributed by atoms with Gasteiger partial charge in [0.15, 0.2) is 0 Å². The van der Waals surface area contributed by atoms with E-state index >= 15 is 0 Å². The lowest BCUT2D eigenvalue weighted by Crippen LogP contribution is -2.40. The predicted octanol–water partition coefficient (Wildman–Crippen LogP) is 3.19. The summed E-state index contributed by atoms with van der Waals surface area (Å²) < 4.78 is 15.0. The summed E-state index contributed by atoms with van der Waals surface area (Å²) in [5, 5.41) is 0. The van der Waals surface area contributed by atoms with Gasteiger partial charge in [-0.3, -0.25) is 0 Å². The van der Waals surface area contributed by atoms with Crippen LogP contribution in [0.15, 0.2) is 29.2 Å². The summed E-state index contributed by atoms with van der Waals surface area (Å²) in [5.41, 5.74) is 7.30. The molecule has 2 aliphatic rings. The highest BCUT2D eigenvalue weighted by molar-refractivity contribution is 7.82. The Balaban J connectivity index is 1.59. The third kappa shape index (κ3) is 5.62. The van der Waals surface area contributed by atoms with Gasteiger partial charge in [-0.1, -0.05) is 31.9 Å². The maximum Gasteiger partial charge on any atom is 0.127 e. The van der Waals surface area contributed by atoms with Gasteiger partial charge in [-0.15, -0.1) is 0 Å². The van der Waals surface area contributed by atoms with Crippen LogP contribution < -0.4 is 5.73 Å². The molecule has 1 aromatic rings. The molecule has 1 aromatic carbocycles. The number of hydrogen-bond acceptors (Lipinski definition) is 3. The molecule has 0 aliphatic carbocycles. The van der Waals surface area contributed by atoms with E-state index in [9.17, 15) is 4.21 Å². The maximum absolute atomic E-state index is 12.9. The minimum atomic E-state index is -1.05. The summed E-state index contributed by atoms with van der Waals surface area (Å²) in [7, 11) is -1.05. The van der Waals surface area contributed by atoms with E-state index in [1.54, 1.807) is 0 Å². The van der Waals surface area contributed by atoms with Crippen molar-refractivity contribution in [2.24, 2.45) is 11.7 Å². The van der Waals surface area contributed by atoms with Crippen LogP contribution >= 0.6 is 0 Å². The Hall–Kier alpha value is -0.750. The van der Waals surface area contributed by atoms with Crippen LogP contribution in [0.5, 0.6) is 0 Å². The number of hydrogen-bond donors (Lipinski definition) is 1. The van der Waals surface area contributed by atoms with Crippen molar-refractivity contribution in [2.45, 2.75) is 62.8 Å². The summed E-state index contributed by atoms with van der Waals surface area (Å²) in [6.07, 6.45) is 8.27. The van der Waals surface area contributed by atoms with Crippen LogP contribution in [0.2, 0.25) is 0 Å². The monoisotopic (exact) mass is 377 g/mol. The molecule has 2 N–H and O–H groups in total. The Kier molecular flexibility index (Phi) is 7.67. The number of rotatable bonds is 7. The minimum absolute atomic E-state index is 0.273. The molecule has 2 saturated heterocycles. The van der Waals surface area contributed by atoms with Crippen LogP contribution in [0.1, 0.15) is 51.0 Å². The molecule has 0 radical (unpaired) electrons. The number of piperidine rings is 2. The number of nitrogens with two attached hydrogens (primary N) is 1. The third-order valence-electron chi connectivity index (χ3n) is 5.90. The molecule has 2 atom stereocenters. The van der Waals surface area contributed by atoms with Crippen molar-refractivity contribution in [3.63, 3.8) is 0 Å². The first-order valence-electron chi connectivity index (χ1n) is 10.4. The van der Waals surface area contributed by atoms with Gasteiger partial charge >= 0.3 is 0 Å². The van der Waals surface area contributed by atoms with Crippen LogP contribution in [0.25, 0.3) is 0 Å².